The third kappa shape index (κ3) is 8.26. The minimum Gasteiger partial charge on any atom is -0.497 e. The molecular weight excluding hydrogens is 522 g/mol. The number of amides is 2. The van der Waals surface area contributed by atoms with Gasteiger partial charge >= 0.3 is 0 Å². The highest BCUT2D eigenvalue weighted by Crippen LogP contribution is 2.34. The van der Waals surface area contributed by atoms with Gasteiger partial charge in [-0.2, -0.15) is 0 Å². The maximum absolute atomic E-state index is 13.5. The number of nitrogens with zero attached hydrogens (tertiary/aromatic N) is 2. The van der Waals surface area contributed by atoms with Crippen LogP contribution in [0.15, 0.2) is 42.5 Å². The van der Waals surface area contributed by atoms with Gasteiger partial charge in [-0.3, -0.25) is 13.9 Å². The molecule has 0 saturated heterocycles. The molecule has 1 aliphatic rings. The van der Waals surface area contributed by atoms with Crippen molar-refractivity contribution in [3.63, 3.8) is 0 Å². The summed E-state index contributed by atoms with van der Waals surface area (Å²) in [6.45, 7) is 6.77. The fraction of sp³-hybridized carbons (Fsp3) is 0.500. The van der Waals surface area contributed by atoms with Crippen molar-refractivity contribution < 1.29 is 32.2 Å². The van der Waals surface area contributed by atoms with Gasteiger partial charge in [0, 0.05) is 31.6 Å². The molecule has 0 radical (unpaired) electrons. The topological polar surface area (TPSA) is 114 Å². The number of hydrogen-bond acceptors (Lipinski definition) is 7. The van der Waals surface area contributed by atoms with Gasteiger partial charge < -0.3 is 24.4 Å². The normalized spacial score (nSPS) is 13.5. The molecule has 2 aromatic rings. The van der Waals surface area contributed by atoms with Gasteiger partial charge in [-0.15, -0.1) is 0 Å². The summed E-state index contributed by atoms with van der Waals surface area (Å²) in [5, 5.41) is 2.91. The summed E-state index contributed by atoms with van der Waals surface area (Å²) < 4.78 is 42.9. The van der Waals surface area contributed by atoms with Crippen LogP contribution < -0.4 is 23.8 Å². The van der Waals surface area contributed by atoms with Crippen LogP contribution in [0.5, 0.6) is 17.2 Å². The molecule has 2 aromatic carbocycles. The summed E-state index contributed by atoms with van der Waals surface area (Å²) >= 11 is 0. The highest BCUT2D eigenvalue weighted by Gasteiger charge is 2.29. The second kappa shape index (κ2) is 13.5. The van der Waals surface area contributed by atoms with E-state index in [0.717, 1.165) is 11.8 Å². The van der Waals surface area contributed by atoms with Crippen LogP contribution in [-0.2, 0) is 26.2 Å². The molecule has 214 valence electrons. The molecule has 10 nitrogen and oxygen atoms in total. The van der Waals surface area contributed by atoms with Crippen molar-refractivity contribution >= 4 is 27.5 Å². The lowest BCUT2D eigenvalue weighted by Gasteiger charge is -2.31. The Morgan fingerprint density at radius 3 is 2.31 bits per heavy atom. The lowest BCUT2D eigenvalue weighted by Crippen LogP contribution is -2.50. The first-order chi connectivity index (χ1) is 18.5. The van der Waals surface area contributed by atoms with Crippen molar-refractivity contribution in [3.05, 3.63) is 48.0 Å². The molecule has 1 aliphatic heterocycles. The smallest absolute Gasteiger partial charge is 0.243 e. The molecule has 0 aromatic heterocycles. The highest BCUT2D eigenvalue weighted by molar-refractivity contribution is 7.92. The van der Waals surface area contributed by atoms with Crippen molar-refractivity contribution in [3.8, 4) is 17.2 Å². The number of sulfonamides is 1. The van der Waals surface area contributed by atoms with E-state index in [1.165, 1.54) is 4.31 Å². The summed E-state index contributed by atoms with van der Waals surface area (Å²) in [6, 6.07) is 11.6. The van der Waals surface area contributed by atoms with Crippen molar-refractivity contribution in [2.45, 2.75) is 58.7 Å². The zero-order chi connectivity index (χ0) is 28.6. The van der Waals surface area contributed by atoms with E-state index in [4.69, 9.17) is 14.2 Å². The Balaban J connectivity index is 1.77. The number of carbonyl (C=O) groups is 2. The van der Waals surface area contributed by atoms with Crippen molar-refractivity contribution in [1.29, 1.82) is 0 Å². The monoisotopic (exact) mass is 561 g/mol. The number of benzene rings is 2. The molecule has 1 N–H and O–H groups in total. The highest BCUT2D eigenvalue weighted by atomic mass is 32.2. The van der Waals surface area contributed by atoms with Gasteiger partial charge in [0.2, 0.25) is 21.8 Å². The van der Waals surface area contributed by atoms with Crippen molar-refractivity contribution in [1.82, 2.24) is 10.2 Å². The Bertz CT molecular complexity index is 1230. The Hall–Kier alpha value is -3.47. The number of nitrogens with one attached hydrogen (secondary N) is 1. The maximum atomic E-state index is 13.5. The number of hydrogen-bond donors (Lipinski definition) is 1. The zero-order valence-corrected chi connectivity index (χ0v) is 24.1. The summed E-state index contributed by atoms with van der Waals surface area (Å²) in [6.07, 6.45) is 1.90. The van der Waals surface area contributed by atoms with Crippen molar-refractivity contribution in [2.75, 3.05) is 37.4 Å². The molecule has 0 fully saturated rings. The van der Waals surface area contributed by atoms with E-state index in [2.05, 4.69) is 5.32 Å². The number of methoxy groups -OCH3 is 1. The molecule has 3 rings (SSSR count). The Kier molecular flexibility index (Phi) is 10.4. The van der Waals surface area contributed by atoms with Gasteiger partial charge in [0.05, 0.1) is 19.1 Å². The molecule has 0 bridgehead atoms. The van der Waals surface area contributed by atoms with Crippen LogP contribution in [0.3, 0.4) is 0 Å². The van der Waals surface area contributed by atoms with E-state index in [9.17, 15) is 18.0 Å². The van der Waals surface area contributed by atoms with Gasteiger partial charge in [0.1, 0.15) is 25.0 Å². The SMILES string of the molecule is CCC(C(=O)NC(C)C)N(Cc1ccc(OC)cc1)C(=O)CCCN(c1ccc2c(c1)OCCO2)S(C)(=O)=O. The van der Waals surface area contributed by atoms with E-state index >= 15 is 0 Å². The standard InChI is InChI=1S/C28H39N3O7S/c1-6-24(28(33)29-20(2)3)30(19-21-9-12-23(36-4)13-10-21)27(32)8-7-15-31(39(5,34)35)22-11-14-25-26(18-22)38-17-16-37-25/h9-14,18,20,24H,6-8,15-17,19H2,1-5H3,(H,29,33). The third-order valence-electron chi connectivity index (χ3n) is 6.29. The van der Waals surface area contributed by atoms with E-state index in [1.54, 1.807) is 30.2 Å². The summed E-state index contributed by atoms with van der Waals surface area (Å²) in [5.41, 5.74) is 1.29. The van der Waals surface area contributed by atoms with Crippen LogP contribution >= 0.6 is 0 Å². The van der Waals surface area contributed by atoms with E-state index in [1.807, 2.05) is 45.0 Å². The minimum absolute atomic E-state index is 0.0676. The fourth-order valence-corrected chi connectivity index (χ4v) is 5.38. The second-order valence-electron chi connectivity index (χ2n) is 9.72. The molecule has 11 heteroatoms. The molecule has 0 aliphatic carbocycles. The number of ether oxygens (including phenoxy) is 3. The van der Waals surface area contributed by atoms with Gasteiger partial charge in [-0.25, -0.2) is 8.42 Å². The average molecular weight is 562 g/mol. The quantitative estimate of drug-likeness (QED) is 0.399. The molecule has 1 atom stereocenters. The summed E-state index contributed by atoms with van der Waals surface area (Å²) in [7, 11) is -2.05. The predicted molar refractivity (Wildman–Crippen MR) is 150 cm³/mol. The third-order valence-corrected chi connectivity index (χ3v) is 7.49. The molecule has 0 spiro atoms. The van der Waals surface area contributed by atoms with E-state index in [-0.39, 0.29) is 43.8 Å². The first-order valence-electron chi connectivity index (χ1n) is 13.1. The molecule has 1 unspecified atom stereocenters. The predicted octanol–water partition coefficient (Wildman–Crippen LogP) is 3.34. The number of fused-ring (bicyclic) bond motifs is 1. The lowest BCUT2D eigenvalue weighted by molar-refractivity contribution is -0.141. The number of carbonyl (C=O) groups excluding carboxylic acids is 2. The molecule has 1 heterocycles. The maximum Gasteiger partial charge on any atom is 0.243 e. The van der Waals surface area contributed by atoms with Crippen LogP contribution in [0.1, 0.15) is 45.6 Å². The van der Waals surface area contributed by atoms with Gasteiger partial charge in [-0.1, -0.05) is 19.1 Å². The largest absolute Gasteiger partial charge is 0.497 e. The first-order valence-corrected chi connectivity index (χ1v) is 15.0. The van der Waals surface area contributed by atoms with Gasteiger partial charge in [-0.05, 0) is 56.5 Å². The van der Waals surface area contributed by atoms with Crippen LogP contribution in [0, 0.1) is 0 Å². The van der Waals surface area contributed by atoms with Crippen LogP contribution in [-0.4, -0.2) is 70.3 Å². The first kappa shape index (κ1) is 30.1. The van der Waals surface area contributed by atoms with Crippen LogP contribution in [0.4, 0.5) is 5.69 Å². The van der Waals surface area contributed by atoms with Crippen molar-refractivity contribution in [2.24, 2.45) is 0 Å². The van der Waals surface area contributed by atoms with Crippen LogP contribution in [0.2, 0.25) is 0 Å². The Morgan fingerprint density at radius 2 is 1.72 bits per heavy atom. The molecule has 0 saturated carbocycles. The van der Waals surface area contributed by atoms with E-state index < -0.39 is 16.1 Å². The fourth-order valence-electron chi connectivity index (χ4n) is 4.42. The number of rotatable bonds is 13. The molecule has 39 heavy (non-hydrogen) atoms. The Morgan fingerprint density at radius 1 is 1.05 bits per heavy atom. The zero-order valence-electron chi connectivity index (χ0n) is 23.3. The lowest BCUT2D eigenvalue weighted by atomic mass is 10.1. The van der Waals surface area contributed by atoms with E-state index in [0.29, 0.717) is 42.6 Å². The number of anilines is 1. The van der Waals surface area contributed by atoms with Gasteiger partial charge in [0.25, 0.3) is 0 Å². The second-order valence-corrected chi connectivity index (χ2v) is 11.6. The molecule has 2 amide bonds. The summed E-state index contributed by atoms with van der Waals surface area (Å²) in [4.78, 5) is 28.1. The van der Waals surface area contributed by atoms with Gasteiger partial charge in [0.15, 0.2) is 11.5 Å². The summed E-state index contributed by atoms with van der Waals surface area (Å²) in [5.74, 6) is 1.29. The van der Waals surface area contributed by atoms with Crippen LogP contribution in [0.25, 0.3) is 0 Å². The average Bonchev–Trinajstić information content (AvgIpc) is 2.89. The Labute approximate surface area is 231 Å². The minimum atomic E-state index is -3.63. The molecular formula is C28H39N3O7S.